The quantitative estimate of drug-likeness (QED) is 0.911. The van der Waals surface area contributed by atoms with Gasteiger partial charge in [-0.15, -0.1) is 0 Å². The zero-order chi connectivity index (χ0) is 14.1. The summed E-state index contributed by atoms with van der Waals surface area (Å²) >= 11 is 5.96. The Bertz CT molecular complexity index is 669. The summed E-state index contributed by atoms with van der Waals surface area (Å²) in [5, 5.41) is 12.6. The molecule has 0 spiro atoms. The second-order valence-electron chi connectivity index (χ2n) is 4.97. The Morgan fingerprint density at radius 2 is 2.10 bits per heavy atom. The molecule has 0 saturated carbocycles. The first-order valence-electron chi connectivity index (χ1n) is 6.49. The lowest BCUT2D eigenvalue weighted by Gasteiger charge is -2.30. The predicted octanol–water partition coefficient (Wildman–Crippen LogP) is 3.12. The van der Waals surface area contributed by atoms with E-state index < -0.39 is 0 Å². The summed E-state index contributed by atoms with van der Waals surface area (Å²) in [6, 6.07) is 12.6. The van der Waals surface area contributed by atoms with E-state index in [4.69, 9.17) is 11.6 Å². The standard InChI is InChI=1S/C16H14ClNO2/c17-15-6-5-12(19)8-14(15)16(20)18-9-11-7-10-3-1-2-4-13(10)11/h1-6,8,11,19H,7,9H2,(H,18,20). The van der Waals surface area contributed by atoms with Crippen LogP contribution in [0.15, 0.2) is 42.5 Å². The molecule has 0 saturated heterocycles. The highest BCUT2D eigenvalue weighted by molar-refractivity contribution is 6.33. The van der Waals surface area contributed by atoms with Crippen molar-refractivity contribution < 1.29 is 9.90 Å². The van der Waals surface area contributed by atoms with Crippen LogP contribution in [0.2, 0.25) is 5.02 Å². The van der Waals surface area contributed by atoms with Gasteiger partial charge in [-0.3, -0.25) is 4.79 Å². The molecule has 0 bridgehead atoms. The molecule has 2 aromatic carbocycles. The molecule has 102 valence electrons. The number of hydrogen-bond donors (Lipinski definition) is 2. The molecule has 1 unspecified atom stereocenters. The first kappa shape index (κ1) is 13.0. The second kappa shape index (κ2) is 5.17. The maximum absolute atomic E-state index is 12.1. The van der Waals surface area contributed by atoms with E-state index in [-0.39, 0.29) is 11.7 Å². The lowest BCUT2D eigenvalue weighted by molar-refractivity contribution is 0.0950. The topological polar surface area (TPSA) is 49.3 Å². The molecule has 1 aliphatic rings. The number of rotatable bonds is 3. The van der Waals surface area contributed by atoms with E-state index in [1.165, 1.54) is 29.3 Å². The Kier molecular flexibility index (Phi) is 3.36. The summed E-state index contributed by atoms with van der Waals surface area (Å²) in [6.45, 7) is 0.585. The molecule has 1 atom stereocenters. The van der Waals surface area contributed by atoms with Crippen molar-refractivity contribution >= 4 is 17.5 Å². The highest BCUT2D eigenvalue weighted by Gasteiger charge is 2.25. The molecule has 0 fully saturated rings. The van der Waals surface area contributed by atoms with Gasteiger partial charge in [-0.05, 0) is 35.7 Å². The van der Waals surface area contributed by atoms with Crippen molar-refractivity contribution in [2.24, 2.45) is 0 Å². The Morgan fingerprint density at radius 1 is 1.30 bits per heavy atom. The molecular formula is C16H14ClNO2. The monoisotopic (exact) mass is 287 g/mol. The minimum absolute atomic E-state index is 0.0357. The molecule has 0 radical (unpaired) electrons. The van der Waals surface area contributed by atoms with E-state index in [1.807, 2.05) is 12.1 Å². The molecule has 4 heteroatoms. The molecule has 3 rings (SSSR count). The molecule has 0 heterocycles. The number of amides is 1. The molecular weight excluding hydrogens is 274 g/mol. The molecule has 2 aromatic rings. The maximum atomic E-state index is 12.1. The van der Waals surface area contributed by atoms with Crippen molar-refractivity contribution in [1.82, 2.24) is 5.32 Å². The van der Waals surface area contributed by atoms with Gasteiger partial charge in [-0.2, -0.15) is 0 Å². The van der Waals surface area contributed by atoms with Crippen LogP contribution in [0.1, 0.15) is 27.4 Å². The Hall–Kier alpha value is -2.00. The predicted molar refractivity (Wildman–Crippen MR) is 78.3 cm³/mol. The lowest BCUT2D eigenvalue weighted by Crippen LogP contribution is -2.33. The van der Waals surface area contributed by atoms with E-state index in [0.717, 1.165) is 6.42 Å². The number of carbonyl (C=O) groups is 1. The van der Waals surface area contributed by atoms with Crippen molar-refractivity contribution in [3.63, 3.8) is 0 Å². The van der Waals surface area contributed by atoms with Gasteiger partial charge >= 0.3 is 0 Å². The van der Waals surface area contributed by atoms with E-state index in [9.17, 15) is 9.90 Å². The van der Waals surface area contributed by atoms with Gasteiger partial charge < -0.3 is 10.4 Å². The van der Waals surface area contributed by atoms with Gasteiger partial charge in [-0.25, -0.2) is 0 Å². The minimum Gasteiger partial charge on any atom is -0.508 e. The minimum atomic E-state index is -0.254. The average Bonchev–Trinajstić information content (AvgIpc) is 2.42. The number of fused-ring (bicyclic) bond motifs is 1. The van der Waals surface area contributed by atoms with Gasteiger partial charge in [0.1, 0.15) is 5.75 Å². The summed E-state index contributed by atoms with van der Waals surface area (Å²) in [5.74, 6) is 0.148. The number of benzene rings is 2. The molecule has 0 aromatic heterocycles. The number of phenols is 1. The van der Waals surface area contributed by atoms with E-state index >= 15 is 0 Å². The summed E-state index contributed by atoms with van der Waals surface area (Å²) in [7, 11) is 0. The SMILES string of the molecule is O=C(NCC1Cc2ccccc21)c1cc(O)ccc1Cl. The fraction of sp³-hybridized carbons (Fsp3) is 0.188. The van der Waals surface area contributed by atoms with Gasteiger partial charge in [0.05, 0.1) is 10.6 Å². The highest BCUT2D eigenvalue weighted by atomic mass is 35.5. The van der Waals surface area contributed by atoms with Crippen LogP contribution in [0, 0.1) is 0 Å². The van der Waals surface area contributed by atoms with Gasteiger partial charge in [0.15, 0.2) is 0 Å². The van der Waals surface area contributed by atoms with Crippen LogP contribution in [-0.2, 0) is 6.42 Å². The van der Waals surface area contributed by atoms with Crippen LogP contribution in [0.5, 0.6) is 5.75 Å². The Morgan fingerprint density at radius 3 is 2.90 bits per heavy atom. The van der Waals surface area contributed by atoms with Crippen LogP contribution in [0.3, 0.4) is 0 Å². The van der Waals surface area contributed by atoms with Gasteiger partial charge in [-0.1, -0.05) is 35.9 Å². The number of hydrogen-bond acceptors (Lipinski definition) is 2. The smallest absolute Gasteiger partial charge is 0.252 e. The fourth-order valence-corrected chi connectivity index (χ4v) is 2.75. The molecule has 2 N–H and O–H groups in total. The van der Waals surface area contributed by atoms with Crippen LogP contribution >= 0.6 is 11.6 Å². The molecule has 3 nitrogen and oxygen atoms in total. The lowest BCUT2D eigenvalue weighted by atomic mass is 9.77. The van der Waals surface area contributed by atoms with Gasteiger partial charge in [0.2, 0.25) is 0 Å². The number of phenolic OH excluding ortho intramolecular Hbond substituents is 1. The summed E-state index contributed by atoms with van der Waals surface area (Å²) in [4.78, 5) is 12.1. The normalized spacial score (nSPS) is 16.1. The maximum Gasteiger partial charge on any atom is 0.252 e. The zero-order valence-electron chi connectivity index (χ0n) is 10.8. The summed E-state index contributed by atoms with van der Waals surface area (Å²) < 4.78 is 0. The first-order valence-corrected chi connectivity index (χ1v) is 6.87. The van der Waals surface area contributed by atoms with Crippen LogP contribution in [0.4, 0.5) is 0 Å². The Balaban J connectivity index is 1.65. The van der Waals surface area contributed by atoms with Crippen LogP contribution < -0.4 is 5.32 Å². The Labute approximate surface area is 122 Å². The third kappa shape index (κ3) is 2.37. The number of carbonyl (C=O) groups excluding carboxylic acids is 1. The van der Waals surface area contributed by atoms with E-state index in [0.29, 0.717) is 23.0 Å². The summed E-state index contributed by atoms with van der Waals surface area (Å²) in [6.07, 6.45) is 0.990. The van der Waals surface area contributed by atoms with Crippen LogP contribution in [0.25, 0.3) is 0 Å². The third-order valence-corrected chi connectivity index (χ3v) is 3.99. The number of aromatic hydroxyl groups is 1. The first-order chi connectivity index (χ1) is 9.65. The van der Waals surface area contributed by atoms with Crippen molar-refractivity contribution in [3.05, 3.63) is 64.2 Å². The fourth-order valence-electron chi connectivity index (χ4n) is 2.54. The van der Waals surface area contributed by atoms with Gasteiger partial charge in [0.25, 0.3) is 5.91 Å². The van der Waals surface area contributed by atoms with E-state index in [2.05, 4.69) is 17.4 Å². The van der Waals surface area contributed by atoms with Crippen molar-refractivity contribution in [3.8, 4) is 5.75 Å². The second-order valence-corrected chi connectivity index (χ2v) is 5.38. The number of nitrogens with one attached hydrogen (secondary N) is 1. The summed E-state index contributed by atoms with van der Waals surface area (Å²) in [5.41, 5.74) is 2.95. The van der Waals surface area contributed by atoms with Crippen LogP contribution in [-0.4, -0.2) is 17.6 Å². The van der Waals surface area contributed by atoms with Crippen molar-refractivity contribution in [1.29, 1.82) is 0 Å². The van der Waals surface area contributed by atoms with Crippen molar-refractivity contribution in [2.45, 2.75) is 12.3 Å². The molecule has 0 aliphatic heterocycles. The number of halogens is 1. The van der Waals surface area contributed by atoms with E-state index in [1.54, 1.807) is 0 Å². The average molecular weight is 288 g/mol. The largest absolute Gasteiger partial charge is 0.508 e. The van der Waals surface area contributed by atoms with Crippen molar-refractivity contribution in [2.75, 3.05) is 6.54 Å². The highest BCUT2D eigenvalue weighted by Crippen LogP contribution is 2.34. The zero-order valence-corrected chi connectivity index (χ0v) is 11.5. The third-order valence-electron chi connectivity index (χ3n) is 3.66. The molecule has 1 amide bonds. The molecule has 20 heavy (non-hydrogen) atoms. The molecule has 1 aliphatic carbocycles. The van der Waals surface area contributed by atoms with Gasteiger partial charge in [0, 0.05) is 12.5 Å².